The largest absolute Gasteiger partial charge is 0.497 e. The van der Waals surface area contributed by atoms with E-state index in [9.17, 15) is 9.90 Å². The minimum atomic E-state index is -0.773. The van der Waals surface area contributed by atoms with Crippen LogP contribution < -0.4 is 4.74 Å². The van der Waals surface area contributed by atoms with Gasteiger partial charge < -0.3 is 14.6 Å². The van der Waals surface area contributed by atoms with E-state index in [-0.39, 0.29) is 0 Å². The van der Waals surface area contributed by atoms with E-state index in [1.807, 2.05) is 24.3 Å². The third-order valence-corrected chi connectivity index (χ3v) is 3.42. The summed E-state index contributed by atoms with van der Waals surface area (Å²) in [6, 6.07) is 7.55. The summed E-state index contributed by atoms with van der Waals surface area (Å²) in [6.07, 6.45) is 2.04. The van der Waals surface area contributed by atoms with Crippen molar-refractivity contribution in [3.05, 3.63) is 29.8 Å². The second-order valence-corrected chi connectivity index (χ2v) is 5.67. The maximum absolute atomic E-state index is 11.3. The first-order valence-corrected chi connectivity index (χ1v) is 7.46. The van der Waals surface area contributed by atoms with Crippen LogP contribution in [-0.4, -0.2) is 31.4 Å². The number of ether oxygens (including phenoxy) is 2. The van der Waals surface area contributed by atoms with E-state index < -0.39 is 11.9 Å². The molecule has 0 saturated carbocycles. The fourth-order valence-electron chi connectivity index (χ4n) is 2.04. The minimum absolute atomic E-state index is 0.420. The molecule has 21 heavy (non-hydrogen) atoms. The maximum atomic E-state index is 11.3. The van der Waals surface area contributed by atoms with Crippen molar-refractivity contribution < 1.29 is 19.4 Å². The molecule has 0 bridgehead atoms. The highest BCUT2D eigenvalue weighted by Crippen LogP contribution is 2.18. The molecule has 1 unspecified atom stereocenters. The first kappa shape index (κ1) is 17.5. The Bertz CT molecular complexity index is 429. The highest BCUT2D eigenvalue weighted by Gasteiger charge is 2.18. The van der Waals surface area contributed by atoms with Gasteiger partial charge in [-0.25, -0.2) is 0 Å². The second-order valence-electron chi connectivity index (χ2n) is 5.67. The lowest BCUT2D eigenvalue weighted by Crippen LogP contribution is -2.19. The summed E-state index contributed by atoms with van der Waals surface area (Å²) in [4.78, 5) is 11.3. The molecule has 0 saturated heterocycles. The first-order chi connectivity index (χ1) is 10.0. The van der Waals surface area contributed by atoms with Gasteiger partial charge in [-0.1, -0.05) is 26.0 Å². The number of benzene rings is 1. The third-order valence-electron chi connectivity index (χ3n) is 3.42. The van der Waals surface area contributed by atoms with Gasteiger partial charge in [0.15, 0.2) is 0 Å². The van der Waals surface area contributed by atoms with Crippen LogP contribution in [0, 0.1) is 11.8 Å². The summed E-state index contributed by atoms with van der Waals surface area (Å²) < 4.78 is 10.7. The van der Waals surface area contributed by atoms with Crippen LogP contribution in [0.4, 0.5) is 0 Å². The van der Waals surface area contributed by atoms with Crippen LogP contribution in [0.25, 0.3) is 0 Å². The standard InChI is InChI=1S/C17H26O4/c1-13(2)7-9-21-10-8-15(17(18)19)11-14-5-4-6-16(12-14)20-3/h4-6,12-13,15H,7-11H2,1-3H3,(H,18,19). The average molecular weight is 294 g/mol. The van der Waals surface area contributed by atoms with Crippen molar-refractivity contribution in [2.45, 2.75) is 33.1 Å². The average Bonchev–Trinajstić information content (AvgIpc) is 2.45. The summed E-state index contributed by atoms with van der Waals surface area (Å²) in [7, 11) is 1.61. The molecule has 1 N–H and O–H groups in total. The Morgan fingerprint density at radius 1 is 1.24 bits per heavy atom. The van der Waals surface area contributed by atoms with Crippen LogP contribution in [0.1, 0.15) is 32.3 Å². The number of carboxylic acids is 1. The topological polar surface area (TPSA) is 55.8 Å². The van der Waals surface area contributed by atoms with E-state index in [1.165, 1.54) is 0 Å². The van der Waals surface area contributed by atoms with Gasteiger partial charge in [0, 0.05) is 13.2 Å². The molecule has 0 aliphatic rings. The molecule has 118 valence electrons. The van der Waals surface area contributed by atoms with Gasteiger partial charge in [0.05, 0.1) is 13.0 Å². The lowest BCUT2D eigenvalue weighted by atomic mass is 9.96. The summed E-state index contributed by atoms with van der Waals surface area (Å²) in [5.41, 5.74) is 0.976. The van der Waals surface area contributed by atoms with Crippen molar-refractivity contribution in [2.24, 2.45) is 11.8 Å². The molecule has 1 rings (SSSR count). The summed E-state index contributed by atoms with van der Waals surface area (Å²) >= 11 is 0. The first-order valence-electron chi connectivity index (χ1n) is 7.46. The van der Waals surface area contributed by atoms with E-state index in [4.69, 9.17) is 9.47 Å². The highest BCUT2D eigenvalue weighted by atomic mass is 16.5. The van der Waals surface area contributed by atoms with E-state index in [0.29, 0.717) is 32.0 Å². The Kier molecular flexibility index (Phi) is 7.83. The molecule has 0 radical (unpaired) electrons. The maximum Gasteiger partial charge on any atom is 0.306 e. The monoisotopic (exact) mass is 294 g/mol. The van der Waals surface area contributed by atoms with Crippen molar-refractivity contribution in [1.29, 1.82) is 0 Å². The molecule has 1 atom stereocenters. The molecular formula is C17H26O4. The Morgan fingerprint density at radius 3 is 2.57 bits per heavy atom. The molecule has 0 amide bonds. The predicted octanol–water partition coefficient (Wildman–Crippen LogP) is 3.39. The SMILES string of the molecule is COc1cccc(CC(CCOCCC(C)C)C(=O)O)c1. The van der Waals surface area contributed by atoms with Gasteiger partial charge in [-0.2, -0.15) is 0 Å². The molecule has 0 spiro atoms. The lowest BCUT2D eigenvalue weighted by Gasteiger charge is -2.13. The van der Waals surface area contributed by atoms with Crippen molar-refractivity contribution in [1.82, 2.24) is 0 Å². The lowest BCUT2D eigenvalue weighted by molar-refractivity contribution is -0.142. The normalized spacial score (nSPS) is 12.4. The van der Waals surface area contributed by atoms with Crippen LogP contribution in [-0.2, 0) is 16.0 Å². The Morgan fingerprint density at radius 2 is 1.95 bits per heavy atom. The predicted molar refractivity (Wildman–Crippen MR) is 82.7 cm³/mol. The van der Waals surface area contributed by atoms with Crippen LogP contribution in [0.15, 0.2) is 24.3 Å². The van der Waals surface area contributed by atoms with Gasteiger partial charge >= 0.3 is 5.97 Å². The highest BCUT2D eigenvalue weighted by molar-refractivity contribution is 5.70. The fourth-order valence-corrected chi connectivity index (χ4v) is 2.04. The summed E-state index contributed by atoms with van der Waals surface area (Å²) in [6.45, 7) is 5.48. The van der Waals surface area contributed by atoms with Gasteiger partial charge in [-0.3, -0.25) is 4.79 Å². The van der Waals surface area contributed by atoms with Crippen molar-refractivity contribution in [2.75, 3.05) is 20.3 Å². The van der Waals surface area contributed by atoms with Gasteiger partial charge in [0.1, 0.15) is 5.75 Å². The minimum Gasteiger partial charge on any atom is -0.497 e. The zero-order chi connectivity index (χ0) is 15.7. The summed E-state index contributed by atoms with van der Waals surface area (Å²) in [5.74, 6) is 0.170. The van der Waals surface area contributed by atoms with Crippen LogP contribution in [0.5, 0.6) is 5.75 Å². The number of hydrogen-bond donors (Lipinski definition) is 1. The molecular weight excluding hydrogens is 268 g/mol. The Balaban J connectivity index is 2.44. The number of carbonyl (C=O) groups is 1. The third kappa shape index (κ3) is 7.14. The second kappa shape index (κ2) is 9.40. The van der Waals surface area contributed by atoms with Crippen LogP contribution >= 0.6 is 0 Å². The Labute approximate surface area is 127 Å². The van der Waals surface area contributed by atoms with Crippen molar-refractivity contribution in [3.8, 4) is 5.75 Å². The molecule has 0 aliphatic carbocycles. The number of carboxylic acid groups (broad SMARTS) is 1. The quantitative estimate of drug-likeness (QED) is 0.672. The van der Waals surface area contributed by atoms with E-state index in [0.717, 1.165) is 17.7 Å². The molecule has 0 fully saturated rings. The van der Waals surface area contributed by atoms with Crippen molar-refractivity contribution >= 4 is 5.97 Å². The van der Waals surface area contributed by atoms with Gasteiger partial charge in [-0.05, 0) is 42.9 Å². The molecule has 1 aromatic carbocycles. The van der Waals surface area contributed by atoms with Crippen molar-refractivity contribution in [3.63, 3.8) is 0 Å². The van der Waals surface area contributed by atoms with Gasteiger partial charge in [0.25, 0.3) is 0 Å². The zero-order valence-electron chi connectivity index (χ0n) is 13.2. The number of methoxy groups -OCH3 is 1. The van der Waals surface area contributed by atoms with Gasteiger partial charge in [-0.15, -0.1) is 0 Å². The number of rotatable bonds is 10. The van der Waals surface area contributed by atoms with Crippen LogP contribution in [0.2, 0.25) is 0 Å². The molecule has 4 heteroatoms. The fraction of sp³-hybridized carbons (Fsp3) is 0.588. The molecule has 1 aromatic rings. The van der Waals surface area contributed by atoms with E-state index in [1.54, 1.807) is 7.11 Å². The van der Waals surface area contributed by atoms with Crippen LogP contribution in [0.3, 0.4) is 0 Å². The summed E-state index contributed by atoms with van der Waals surface area (Å²) in [5, 5.41) is 9.32. The van der Waals surface area contributed by atoms with E-state index in [2.05, 4.69) is 13.8 Å². The number of hydrogen-bond acceptors (Lipinski definition) is 3. The molecule has 0 heterocycles. The molecule has 0 aliphatic heterocycles. The number of aliphatic carboxylic acids is 1. The molecule has 4 nitrogen and oxygen atoms in total. The zero-order valence-corrected chi connectivity index (χ0v) is 13.2. The Hall–Kier alpha value is -1.55. The smallest absolute Gasteiger partial charge is 0.306 e. The van der Waals surface area contributed by atoms with Gasteiger partial charge in [0.2, 0.25) is 0 Å². The van der Waals surface area contributed by atoms with E-state index >= 15 is 0 Å². The molecule has 0 aromatic heterocycles.